The lowest BCUT2D eigenvalue weighted by Gasteiger charge is -2.09. The third kappa shape index (κ3) is 3.67. The minimum absolute atomic E-state index is 0.139. The topological polar surface area (TPSA) is 73.6 Å². The summed E-state index contributed by atoms with van der Waals surface area (Å²) in [6, 6.07) is 11.5. The molecule has 0 aliphatic heterocycles. The Morgan fingerprint density at radius 2 is 1.96 bits per heavy atom. The molecule has 0 bridgehead atoms. The molecule has 0 unspecified atom stereocenters. The van der Waals surface area contributed by atoms with Gasteiger partial charge in [-0.05, 0) is 36.4 Å². The highest BCUT2D eigenvalue weighted by atomic mass is 35.5. The van der Waals surface area contributed by atoms with E-state index in [1.165, 1.54) is 13.2 Å². The van der Waals surface area contributed by atoms with Crippen LogP contribution in [0.5, 0.6) is 17.4 Å². The van der Waals surface area contributed by atoms with Crippen LogP contribution in [0, 0.1) is 0 Å². The molecule has 2 aromatic heterocycles. The van der Waals surface area contributed by atoms with E-state index in [4.69, 9.17) is 25.5 Å². The Balaban J connectivity index is 1.71. The Hall–Kier alpha value is -2.99. The lowest BCUT2D eigenvalue weighted by Crippen LogP contribution is -2.10. The van der Waals surface area contributed by atoms with Gasteiger partial charge in [-0.3, -0.25) is 9.78 Å². The second kappa shape index (κ2) is 7.06. The minimum Gasteiger partial charge on any atom is -0.468 e. The first-order chi connectivity index (χ1) is 11.7. The predicted molar refractivity (Wildman–Crippen MR) is 89.0 cm³/mol. The Labute approximate surface area is 143 Å². The van der Waals surface area contributed by atoms with Crippen molar-refractivity contribution >= 4 is 23.2 Å². The normalized spacial score (nSPS) is 10.2. The monoisotopic (exact) mass is 344 g/mol. The van der Waals surface area contributed by atoms with Crippen molar-refractivity contribution in [2.45, 2.75) is 0 Å². The van der Waals surface area contributed by atoms with Gasteiger partial charge in [0.15, 0.2) is 5.76 Å². The van der Waals surface area contributed by atoms with E-state index in [9.17, 15) is 4.79 Å². The SMILES string of the molecule is COc1ccc(C(=O)Nc2ccc(Oc3ccncc3)c(Cl)c2)o1. The number of methoxy groups -OCH3 is 1. The number of amides is 1. The summed E-state index contributed by atoms with van der Waals surface area (Å²) in [6.07, 6.45) is 3.24. The van der Waals surface area contributed by atoms with Gasteiger partial charge in [0.05, 0.1) is 12.1 Å². The summed E-state index contributed by atoms with van der Waals surface area (Å²) in [5.41, 5.74) is 0.516. The second-order valence-electron chi connectivity index (χ2n) is 4.71. The number of hydrogen-bond acceptors (Lipinski definition) is 5. The number of halogens is 1. The van der Waals surface area contributed by atoms with Crippen LogP contribution in [0.3, 0.4) is 0 Å². The summed E-state index contributed by atoms with van der Waals surface area (Å²) in [4.78, 5) is 16.0. The minimum atomic E-state index is -0.405. The van der Waals surface area contributed by atoms with Gasteiger partial charge in [-0.2, -0.15) is 0 Å². The molecule has 24 heavy (non-hydrogen) atoms. The zero-order valence-corrected chi connectivity index (χ0v) is 13.4. The molecule has 3 aromatic rings. The highest BCUT2D eigenvalue weighted by molar-refractivity contribution is 6.32. The molecule has 1 N–H and O–H groups in total. The Kier molecular flexibility index (Phi) is 4.67. The van der Waals surface area contributed by atoms with E-state index in [1.807, 2.05) is 0 Å². The van der Waals surface area contributed by atoms with Crippen LogP contribution in [0.1, 0.15) is 10.6 Å². The van der Waals surface area contributed by atoms with Crippen LogP contribution < -0.4 is 14.8 Å². The molecular formula is C17H13ClN2O4. The largest absolute Gasteiger partial charge is 0.468 e. The molecule has 0 aliphatic carbocycles. The predicted octanol–water partition coefficient (Wildman–Crippen LogP) is 4.38. The van der Waals surface area contributed by atoms with Gasteiger partial charge >= 0.3 is 0 Å². The standard InChI is InChI=1S/C17H13ClN2O4/c1-22-16-5-4-15(24-16)17(21)20-11-2-3-14(13(18)10-11)23-12-6-8-19-9-7-12/h2-10H,1H3,(H,20,21). The fourth-order valence-electron chi connectivity index (χ4n) is 1.94. The van der Waals surface area contributed by atoms with Crippen molar-refractivity contribution in [1.82, 2.24) is 4.98 Å². The third-order valence-electron chi connectivity index (χ3n) is 3.07. The zero-order valence-electron chi connectivity index (χ0n) is 12.7. The van der Waals surface area contributed by atoms with Gasteiger partial charge in [0.2, 0.25) is 0 Å². The molecular weight excluding hydrogens is 332 g/mol. The maximum atomic E-state index is 12.1. The maximum absolute atomic E-state index is 12.1. The van der Waals surface area contributed by atoms with E-state index in [0.717, 1.165) is 0 Å². The van der Waals surface area contributed by atoms with E-state index >= 15 is 0 Å². The van der Waals surface area contributed by atoms with E-state index < -0.39 is 5.91 Å². The number of carbonyl (C=O) groups excluding carboxylic acids is 1. The molecule has 0 saturated heterocycles. The van der Waals surface area contributed by atoms with Crippen molar-refractivity contribution in [3.63, 3.8) is 0 Å². The van der Waals surface area contributed by atoms with Crippen LogP contribution in [-0.4, -0.2) is 18.0 Å². The number of furan rings is 1. The highest BCUT2D eigenvalue weighted by Crippen LogP contribution is 2.31. The summed E-state index contributed by atoms with van der Waals surface area (Å²) in [6.45, 7) is 0. The summed E-state index contributed by atoms with van der Waals surface area (Å²) in [7, 11) is 1.46. The number of ether oxygens (including phenoxy) is 2. The fourth-order valence-corrected chi connectivity index (χ4v) is 2.16. The molecule has 6 nitrogen and oxygen atoms in total. The molecule has 0 fully saturated rings. The van der Waals surface area contributed by atoms with Gasteiger partial charge in [0.25, 0.3) is 11.9 Å². The molecule has 122 valence electrons. The molecule has 2 heterocycles. The van der Waals surface area contributed by atoms with Crippen molar-refractivity contribution < 1.29 is 18.7 Å². The van der Waals surface area contributed by atoms with Crippen LogP contribution in [0.2, 0.25) is 5.02 Å². The molecule has 3 rings (SSSR count). The smallest absolute Gasteiger partial charge is 0.291 e. The van der Waals surface area contributed by atoms with Crippen LogP contribution >= 0.6 is 11.6 Å². The van der Waals surface area contributed by atoms with Crippen LogP contribution in [0.4, 0.5) is 5.69 Å². The van der Waals surface area contributed by atoms with E-state index in [0.29, 0.717) is 22.2 Å². The number of rotatable bonds is 5. The lowest BCUT2D eigenvalue weighted by atomic mass is 10.3. The van der Waals surface area contributed by atoms with Crippen LogP contribution in [0.15, 0.2) is 59.3 Å². The van der Waals surface area contributed by atoms with Crippen LogP contribution in [-0.2, 0) is 0 Å². The zero-order chi connectivity index (χ0) is 16.9. The third-order valence-corrected chi connectivity index (χ3v) is 3.37. The summed E-state index contributed by atoms with van der Waals surface area (Å²) >= 11 is 6.20. The Bertz CT molecular complexity index is 849. The molecule has 1 aromatic carbocycles. The van der Waals surface area contributed by atoms with E-state index in [2.05, 4.69) is 10.3 Å². The van der Waals surface area contributed by atoms with Crippen molar-refractivity contribution in [3.8, 4) is 17.4 Å². The number of nitrogens with zero attached hydrogens (tertiary/aromatic N) is 1. The second-order valence-corrected chi connectivity index (χ2v) is 5.11. The van der Waals surface area contributed by atoms with Crippen LogP contribution in [0.25, 0.3) is 0 Å². The number of aromatic nitrogens is 1. The number of hydrogen-bond donors (Lipinski definition) is 1. The number of nitrogens with one attached hydrogen (secondary N) is 1. The number of carbonyl (C=O) groups is 1. The number of pyridine rings is 1. The lowest BCUT2D eigenvalue weighted by molar-refractivity contribution is 0.0990. The molecule has 0 spiro atoms. The van der Waals surface area contributed by atoms with Gasteiger partial charge in [0, 0.05) is 24.1 Å². The van der Waals surface area contributed by atoms with Gasteiger partial charge in [0.1, 0.15) is 11.5 Å². The highest BCUT2D eigenvalue weighted by Gasteiger charge is 2.13. The molecule has 7 heteroatoms. The average Bonchev–Trinajstić information content (AvgIpc) is 3.08. The van der Waals surface area contributed by atoms with E-state index in [-0.39, 0.29) is 11.7 Å². The Morgan fingerprint density at radius 1 is 1.17 bits per heavy atom. The van der Waals surface area contributed by atoms with Gasteiger partial charge < -0.3 is 19.2 Å². The molecule has 0 saturated carbocycles. The Morgan fingerprint density at radius 3 is 2.62 bits per heavy atom. The maximum Gasteiger partial charge on any atom is 0.291 e. The van der Waals surface area contributed by atoms with Gasteiger partial charge in [-0.25, -0.2) is 0 Å². The average molecular weight is 345 g/mol. The number of anilines is 1. The summed E-state index contributed by atoms with van der Waals surface area (Å²) < 4.78 is 15.8. The fraction of sp³-hybridized carbons (Fsp3) is 0.0588. The first kappa shape index (κ1) is 15.9. The molecule has 0 radical (unpaired) electrons. The molecule has 1 amide bonds. The number of benzene rings is 1. The van der Waals surface area contributed by atoms with E-state index in [1.54, 1.807) is 48.8 Å². The van der Waals surface area contributed by atoms with Crippen molar-refractivity contribution in [2.75, 3.05) is 12.4 Å². The molecule has 0 atom stereocenters. The summed E-state index contributed by atoms with van der Waals surface area (Å²) in [5, 5.41) is 3.05. The van der Waals surface area contributed by atoms with Gasteiger partial charge in [-0.15, -0.1) is 0 Å². The van der Waals surface area contributed by atoms with Gasteiger partial charge in [-0.1, -0.05) is 11.6 Å². The molecule has 0 aliphatic rings. The van der Waals surface area contributed by atoms with Crippen molar-refractivity contribution in [3.05, 3.63) is 65.6 Å². The van der Waals surface area contributed by atoms with Crippen molar-refractivity contribution in [2.24, 2.45) is 0 Å². The van der Waals surface area contributed by atoms with Crippen molar-refractivity contribution in [1.29, 1.82) is 0 Å². The first-order valence-electron chi connectivity index (χ1n) is 6.98. The summed E-state index contributed by atoms with van der Waals surface area (Å²) in [5.74, 6) is 1.09. The quantitative estimate of drug-likeness (QED) is 0.743. The first-order valence-corrected chi connectivity index (χ1v) is 7.36.